The van der Waals surface area contributed by atoms with Gasteiger partial charge in [0.05, 0.1) is 0 Å². The highest BCUT2D eigenvalue weighted by atomic mass is 35.5. The molecule has 2 aromatic carbocycles. The average Bonchev–Trinajstić information content (AvgIpc) is 2.47. The van der Waals surface area contributed by atoms with Gasteiger partial charge in [0.15, 0.2) is 0 Å². The van der Waals surface area contributed by atoms with Gasteiger partial charge in [-0.25, -0.2) is 0 Å². The number of halogens is 1. The van der Waals surface area contributed by atoms with Crippen molar-refractivity contribution in [3.8, 4) is 11.3 Å². The Morgan fingerprint density at radius 3 is 2.50 bits per heavy atom. The molecule has 0 aliphatic heterocycles. The molecular weight excluding hydrogens is 274 g/mol. The summed E-state index contributed by atoms with van der Waals surface area (Å²) in [5.41, 5.74) is 2.63. The fraction of sp³-hybridized carbons (Fsp3) is 0.0625. The molecule has 3 nitrogen and oxygen atoms in total. The van der Waals surface area contributed by atoms with Crippen LogP contribution < -0.4 is 5.36 Å². The van der Waals surface area contributed by atoms with Crippen LogP contribution in [-0.2, 0) is 0 Å². The second-order valence-electron chi connectivity index (χ2n) is 4.60. The van der Waals surface area contributed by atoms with Crippen molar-refractivity contribution >= 4 is 22.6 Å². The molecule has 0 atom stereocenters. The average molecular weight is 286 g/mol. The van der Waals surface area contributed by atoms with Crippen molar-refractivity contribution in [2.24, 2.45) is 5.16 Å². The van der Waals surface area contributed by atoms with Crippen molar-refractivity contribution < 1.29 is 9.62 Å². The van der Waals surface area contributed by atoms with Gasteiger partial charge in [-0.05, 0) is 43.3 Å². The molecule has 20 heavy (non-hydrogen) atoms. The van der Waals surface area contributed by atoms with E-state index in [-0.39, 0.29) is 0 Å². The van der Waals surface area contributed by atoms with Gasteiger partial charge in [0, 0.05) is 22.0 Å². The van der Waals surface area contributed by atoms with Gasteiger partial charge in [-0.15, -0.1) is 0 Å². The topological polar surface area (TPSA) is 45.7 Å². The fourth-order valence-corrected chi connectivity index (χ4v) is 2.25. The highest BCUT2D eigenvalue weighted by Gasteiger charge is 2.06. The van der Waals surface area contributed by atoms with Crippen LogP contribution in [-0.4, -0.2) is 5.21 Å². The van der Waals surface area contributed by atoms with Gasteiger partial charge in [-0.1, -0.05) is 28.4 Å². The molecule has 0 aliphatic rings. The van der Waals surface area contributed by atoms with E-state index in [1.54, 1.807) is 18.2 Å². The Balaban J connectivity index is 2.28. The molecule has 0 spiro atoms. The Bertz CT molecular complexity index is 835. The van der Waals surface area contributed by atoms with E-state index in [0.717, 1.165) is 16.5 Å². The standard InChI is InChI=1S/C16H12ClNO2/c1-10-2-7-15-13(8-10)14(18-19)9-16(20-15)11-3-5-12(17)6-4-11/h2-9,19H,1H3/b18-14-. The number of hydrogen-bond acceptors (Lipinski definition) is 3. The first-order chi connectivity index (χ1) is 9.67. The Morgan fingerprint density at radius 1 is 1.05 bits per heavy atom. The molecule has 0 unspecified atom stereocenters. The molecule has 3 aromatic rings. The highest BCUT2D eigenvalue weighted by Crippen LogP contribution is 2.24. The molecule has 100 valence electrons. The van der Waals surface area contributed by atoms with E-state index >= 15 is 0 Å². The Hall–Kier alpha value is -2.26. The molecule has 0 saturated carbocycles. The molecule has 0 fully saturated rings. The maximum absolute atomic E-state index is 9.20. The van der Waals surface area contributed by atoms with Crippen molar-refractivity contribution in [2.75, 3.05) is 0 Å². The zero-order valence-corrected chi connectivity index (χ0v) is 11.6. The predicted molar refractivity (Wildman–Crippen MR) is 78.7 cm³/mol. The maximum Gasteiger partial charge on any atom is 0.137 e. The number of fused-ring (bicyclic) bond motifs is 1. The zero-order chi connectivity index (χ0) is 14.1. The summed E-state index contributed by atoms with van der Waals surface area (Å²) in [5.74, 6) is 0.630. The van der Waals surface area contributed by atoms with Crippen molar-refractivity contribution in [1.29, 1.82) is 0 Å². The minimum absolute atomic E-state index is 0.486. The normalized spacial score (nSPS) is 12.0. The lowest BCUT2D eigenvalue weighted by molar-refractivity contribution is 0.302. The van der Waals surface area contributed by atoms with Crippen LogP contribution in [0.1, 0.15) is 5.56 Å². The summed E-state index contributed by atoms with van der Waals surface area (Å²) >= 11 is 5.88. The Morgan fingerprint density at radius 2 is 1.80 bits per heavy atom. The van der Waals surface area contributed by atoms with E-state index in [2.05, 4.69) is 5.16 Å². The molecule has 0 amide bonds. The van der Waals surface area contributed by atoms with Gasteiger partial charge in [-0.3, -0.25) is 0 Å². The fourth-order valence-electron chi connectivity index (χ4n) is 2.12. The van der Waals surface area contributed by atoms with Crippen LogP contribution in [0.15, 0.2) is 58.1 Å². The minimum atomic E-state index is 0.486. The first kappa shape index (κ1) is 12.8. The van der Waals surface area contributed by atoms with Gasteiger partial charge in [0.25, 0.3) is 0 Å². The van der Waals surface area contributed by atoms with Gasteiger partial charge in [0.1, 0.15) is 16.7 Å². The Labute approximate surface area is 120 Å². The molecule has 4 heteroatoms. The van der Waals surface area contributed by atoms with Crippen molar-refractivity contribution in [3.63, 3.8) is 0 Å². The predicted octanol–water partition coefficient (Wildman–Crippen LogP) is 4.35. The summed E-state index contributed by atoms with van der Waals surface area (Å²) < 4.78 is 5.87. The summed E-state index contributed by atoms with van der Waals surface area (Å²) in [6.45, 7) is 1.98. The second-order valence-corrected chi connectivity index (χ2v) is 5.04. The van der Waals surface area contributed by atoms with Crippen LogP contribution in [0.4, 0.5) is 0 Å². The third kappa shape index (κ3) is 2.28. The maximum atomic E-state index is 9.20. The SMILES string of the molecule is Cc1ccc2oc(-c3ccc(Cl)cc3)c/c(=N/O)c2c1. The summed E-state index contributed by atoms with van der Waals surface area (Å²) in [6, 6.07) is 14.8. The third-order valence-electron chi connectivity index (χ3n) is 3.14. The van der Waals surface area contributed by atoms with Crippen molar-refractivity contribution in [3.05, 3.63) is 64.5 Å². The number of aryl methyl sites for hydroxylation is 1. The van der Waals surface area contributed by atoms with Crippen LogP contribution in [0.5, 0.6) is 0 Å². The smallest absolute Gasteiger partial charge is 0.137 e. The van der Waals surface area contributed by atoms with E-state index in [1.807, 2.05) is 37.3 Å². The molecule has 0 radical (unpaired) electrons. The first-order valence-corrected chi connectivity index (χ1v) is 6.54. The lowest BCUT2D eigenvalue weighted by Gasteiger charge is -2.05. The molecule has 1 N–H and O–H groups in total. The largest absolute Gasteiger partial charge is 0.456 e. The Kier molecular flexibility index (Phi) is 3.20. The number of hydrogen-bond donors (Lipinski definition) is 1. The number of nitrogens with zero attached hydrogens (tertiary/aromatic N) is 1. The van der Waals surface area contributed by atoms with Crippen LogP contribution in [0, 0.1) is 6.92 Å². The number of rotatable bonds is 1. The molecule has 0 saturated heterocycles. The van der Waals surface area contributed by atoms with Gasteiger partial charge in [-0.2, -0.15) is 0 Å². The second kappa shape index (κ2) is 5.02. The van der Waals surface area contributed by atoms with Crippen LogP contribution in [0.25, 0.3) is 22.3 Å². The van der Waals surface area contributed by atoms with Crippen molar-refractivity contribution in [1.82, 2.24) is 0 Å². The first-order valence-electron chi connectivity index (χ1n) is 6.16. The molecule has 3 rings (SSSR count). The third-order valence-corrected chi connectivity index (χ3v) is 3.39. The molecule has 0 bridgehead atoms. The zero-order valence-electron chi connectivity index (χ0n) is 10.8. The van der Waals surface area contributed by atoms with E-state index < -0.39 is 0 Å². The van der Waals surface area contributed by atoms with Gasteiger partial charge < -0.3 is 9.62 Å². The van der Waals surface area contributed by atoms with Gasteiger partial charge >= 0.3 is 0 Å². The van der Waals surface area contributed by atoms with Crippen LogP contribution in [0.3, 0.4) is 0 Å². The van der Waals surface area contributed by atoms with Gasteiger partial charge in [0.2, 0.25) is 0 Å². The quantitative estimate of drug-likeness (QED) is 0.533. The summed E-state index contributed by atoms with van der Waals surface area (Å²) in [5, 5.41) is 14.5. The summed E-state index contributed by atoms with van der Waals surface area (Å²) in [6.07, 6.45) is 0. The lowest BCUT2D eigenvalue weighted by atomic mass is 10.1. The van der Waals surface area contributed by atoms with E-state index in [0.29, 0.717) is 21.7 Å². The minimum Gasteiger partial charge on any atom is -0.456 e. The van der Waals surface area contributed by atoms with E-state index in [1.165, 1.54) is 0 Å². The summed E-state index contributed by atoms with van der Waals surface area (Å²) in [4.78, 5) is 0. The molecule has 0 aliphatic carbocycles. The molecular formula is C16H12ClNO2. The van der Waals surface area contributed by atoms with Crippen molar-refractivity contribution in [2.45, 2.75) is 6.92 Å². The molecule has 1 heterocycles. The molecule has 1 aromatic heterocycles. The monoisotopic (exact) mass is 285 g/mol. The van der Waals surface area contributed by atoms with Crippen LogP contribution in [0.2, 0.25) is 5.02 Å². The summed E-state index contributed by atoms with van der Waals surface area (Å²) in [7, 11) is 0. The van der Waals surface area contributed by atoms with Crippen LogP contribution >= 0.6 is 11.6 Å². The lowest BCUT2D eigenvalue weighted by Crippen LogP contribution is -2.03. The highest BCUT2D eigenvalue weighted by molar-refractivity contribution is 6.30. The van der Waals surface area contributed by atoms with E-state index in [4.69, 9.17) is 16.0 Å². The van der Waals surface area contributed by atoms with E-state index in [9.17, 15) is 5.21 Å². The number of benzene rings is 2.